The standard InChI is InChI=1S/C18H26N4O2S.C16H22FNO/c1-20(2)25(23,24)19-13-9-15-14-6-5-7-16-18(14)12(10-21(16)3)8-17(15)22(4)11-13;1-13-8-11-18(12-9-13)10-2-3-16(19)14-4-6-15(17)7-5-14/h5-7,10,13,15,17,19H,8-9,11H2,1-4H3;4-7,13H,2-3,8-12H2,1H3/t13-,15+,17+;/m0./s1. The van der Waals surface area contributed by atoms with Crippen molar-refractivity contribution in [2.45, 2.75) is 63.5 Å². The van der Waals surface area contributed by atoms with E-state index < -0.39 is 10.2 Å². The fraction of sp³-hybridized carbons (Fsp3) is 0.559. The normalized spacial score (nSPS) is 22.9. The number of nitrogens with zero attached hydrogens (tertiary/aromatic N) is 4. The molecule has 0 unspecified atom stereocenters. The van der Waals surface area contributed by atoms with E-state index in [2.05, 4.69) is 64.5 Å². The number of aromatic nitrogens is 1. The lowest BCUT2D eigenvalue weighted by molar-refractivity contribution is 0.0971. The van der Waals surface area contributed by atoms with Crippen LogP contribution >= 0.6 is 0 Å². The maximum Gasteiger partial charge on any atom is 0.279 e. The largest absolute Gasteiger partial charge is 0.350 e. The van der Waals surface area contributed by atoms with E-state index in [1.54, 1.807) is 26.2 Å². The summed E-state index contributed by atoms with van der Waals surface area (Å²) in [5, 5.41) is 1.37. The number of likely N-dealkylation sites (tertiary alicyclic amines) is 2. The molecule has 2 fully saturated rings. The Morgan fingerprint density at radius 1 is 1.07 bits per heavy atom. The van der Waals surface area contributed by atoms with Gasteiger partial charge in [-0.1, -0.05) is 19.1 Å². The predicted octanol–water partition coefficient (Wildman–Crippen LogP) is 4.81. The second kappa shape index (κ2) is 13.8. The summed E-state index contributed by atoms with van der Waals surface area (Å²) in [5.41, 5.74) is 4.66. The minimum absolute atomic E-state index is 0.0702. The van der Waals surface area contributed by atoms with Gasteiger partial charge in [-0.05, 0) is 106 Å². The predicted molar refractivity (Wildman–Crippen MR) is 175 cm³/mol. The molecule has 3 atom stereocenters. The van der Waals surface area contributed by atoms with Crippen molar-refractivity contribution in [3.05, 3.63) is 71.2 Å². The highest BCUT2D eigenvalue weighted by Crippen LogP contribution is 2.43. The van der Waals surface area contributed by atoms with Crippen molar-refractivity contribution in [3.8, 4) is 0 Å². The number of carbonyl (C=O) groups is 1. The molecule has 0 spiro atoms. The Kier molecular flexibility index (Phi) is 10.3. The van der Waals surface area contributed by atoms with Crippen LogP contribution in [-0.2, 0) is 23.7 Å². The third-order valence-corrected chi connectivity index (χ3v) is 11.3. The van der Waals surface area contributed by atoms with Crippen LogP contribution < -0.4 is 4.72 Å². The first-order chi connectivity index (χ1) is 20.9. The fourth-order valence-electron chi connectivity index (χ4n) is 7.15. The van der Waals surface area contributed by atoms with Crippen molar-refractivity contribution in [2.75, 3.05) is 47.3 Å². The van der Waals surface area contributed by atoms with Gasteiger partial charge in [-0.3, -0.25) is 4.79 Å². The van der Waals surface area contributed by atoms with Crippen molar-refractivity contribution in [2.24, 2.45) is 13.0 Å². The molecule has 240 valence electrons. The lowest BCUT2D eigenvalue weighted by atomic mass is 9.74. The van der Waals surface area contributed by atoms with E-state index in [1.165, 1.54) is 51.3 Å². The fourth-order valence-corrected chi connectivity index (χ4v) is 7.95. The van der Waals surface area contributed by atoms with Crippen molar-refractivity contribution in [3.63, 3.8) is 0 Å². The molecule has 2 aromatic carbocycles. The van der Waals surface area contributed by atoms with Crippen LogP contribution in [0, 0.1) is 11.7 Å². The number of hydrogen-bond donors (Lipinski definition) is 1. The summed E-state index contributed by atoms with van der Waals surface area (Å²) in [6.45, 7) is 6.36. The smallest absolute Gasteiger partial charge is 0.279 e. The van der Waals surface area contributed by atoms with E-state index in [1.807, 2.05) is 0 Å². The minimum Gasteiger partial charge on any atom is -0.350 e. The molecule has 6 rings (SSSR count). The Labute approximate surface area is 262 Å². The molecule has 2 aliphatic heterocycles. The number of piperidine rings is 2. The third kappa shape index (κ3) is 7.42. The van der Waals surface area contributed by atoms with Crippen LogP contribution in [0.2, 0.25) is 0 Å². The Bertz CT molecular complexity index is 1550. The van der Waals surface area contributed by atoms with Gasteiger partial charge in [0.05, 0.1) is 0 Å². The van der Waals surface area contributed by atoms with Gasteiger partial charge in [0.1, 0.15) is 5.82 Å². The van der Waals surface area contributed by atoms with Gasteiger partial charge in [-0.2, -0.15) is 17.4 Å². The number of fused-ring (bicyclic) bond motifs is 2. The molecule has 0 radical (unpaired) electrons. The van der Waals surface area contributed by atoms with E-state index in [9.17, 15) is 17.6 Å². The van der Waals surface area contributed by atoms with Gasteiger partial charge in [0.15, 0.2) is 5.78 Å². The average molecular weight is 626 g/mol. The molecule has 3 heterocycles. The Morgan fingerprint density at radius 3 is 2.45 bits per heavy atom. The number of carbonyl (C=O) groups excluding carboxylic acids is 1. The second-order valence-corrected chi connectivity index (χ2v) is 15.1. The van der Waals surface area contributed by atoms with Gasteiger partial charge in [0, 0.05) is 74.8 Å². The van der Waals surface area contributed by atoms with E-state index in [-0.39, 0.29) is 17.6 Å². The van der Waals surface area contributed by atoms with Crippen LogP contribution in [0.5, 0.6) is 0 Å². The number of likely N-dealkylation sites (N-methyl/N-ethyl adjacent to an activating group) is 1. The Morgan fingerprint density at radius 2 is 1.77 bits per heavy atom. The van der Waals surface area contributed by atoms with Crippen molar-refractivity contribution < 1.29 is 17.6 Å². The zero-order chi connectivity index (χ0) is 31.6. The molecule has 8 nitrogen and oxygen atoms in total. The number of rotatable bonds is 8. The summed E-state index contributed by atoms with van der Waals surface area (Å²) in [7, 11) is 3.93. The molecule has 2 saturated heterocycles. The van der Waals surface area contributed by atoms with E-state index in [0.717, 1.165) is 51.4 Å². The highest BCUT2D eigenvalue weighted by atomic mass is 32.2. The van der Waals surface area contributed by atoms with Crippen molar-refractivity contribution in [1.82, 2.24) is 23.4 Å². The van der Waals surface area contributed by atoms with Crippen LogP contribution in [0.25, 0.3) is 10.9 Å². The first-order valence-electron chi connectivity index (χ1n) is 15.9. The topological polar surface area (TPSA) is 77.9 Å². The van der Waals surface area contributed by atoms with Crippen LogP contribution in [-0.4, -0.2) is 92.3 Å². The zero-order valence-electron chi connectivity index (χ0n) is 26.8. The summed E-state index contributed by atoms with van der Waals surface area (Å²) in [6, 6.07) is 12.7. The van der Waals surface area contributed by atoms with Crippen LogP contribution in [0.15, 0.2) is 48.7 Å². The maximum absolute atomic E-state index is 12.8. The molecular formula is C34H48FN5O3S. The lowest BCUT2D eigenvalue weighted by Crippen LogP contribution is -2.56. The molecular weight excluding hydrogens is 577 g/mol. The summed E-state index contributed by atoms with van der Waals surface area (Å²) in [5.74, 6) is 1.02. The summed E-state index contributed by atoms with van der Waals surface area (Å²) < 4.78 is 43.6. The summed E-state index contributed by atoms with van der Waals surface area (Å²) >= 11 is 0. The third-order valence-electron chi connectivity index (χ3n) is 9.75. The molecule has 0 saturated carbocycles. The van der Waals surface area contributed by atoms with E-state index in [0.29, 0.717) is 23.9 Å². The first kappa shape index (κ1) is 32.8. The van der Waals surface area contributed by atoms with Gasteiger partial charge in [0.25, 0.3) is 10.2 Å². The number of nitrogens with one attached hydrogen (secondary N) is 1. The molecule has 0 amide bonds. The van der Waals surface area contributed by atoms with Gasteiger partial charge < -0.3 is 14.4 Å². The quantitative estimate of drug-likeness (QED) is 0.364. The number of hydrogen-bond acceptors (Lipinski definition) is 5. The number of benzene rings is 2. The monoisotopic (exact) mass is 625 g/mol. The maximum atomic E-state index is 12.8. The number of ketones is 1. The molecule has 44 heavy (non-hydrogen) atoms. The summed E-state index contributed by atoms with van der Waals surface area (Å²) in [4.78, 5) is 16.7. The molecule has 0 bridgehead atoms. The van der Waals surface area contributed by atoms with Crippen LogP contribution in [0.1, 0.15) is 66.4 Å². The molecule has 1 aromatic heterocycles. The molecule has 3 aliphatic rings. The number of aryl methyl sites for hydroxylation is 1. The van der Waals surface area contributed by atoms with Gasteiger partial charge in [-0.25, -0.2) is 4.39 Å². The molecule has 1 N–H and O–H groups in total. The van der Waals surface area contributed by atoms with Crippen molar-refractivity contribution in [1.29, 1.82) is 0 Å². The SMILES string of the molecule is CC1CCN(CCCC(=O)c2ccc(F)cc2)CC1.CN1C[C@@H](NS(=O)(=O)N(C)C)C[C@@H]2c3cccc4c3c(cn4C)C[C@H]21. The van der Waals surface area contributed by atoms with Gasteiger partial charge in [-0.15, -0.1) is 0 Å². The minimum atomic E-state index is -3.41. The Hall–Kier alpha value is -2.63. The lowest BCUT2D eigenvalue weighted by Gasteiger charge is -2.45. The van der Waals surface area contributed by atoms with Crippen LogP contribution in [0.4, 0.5) is 4.39 Å². The average Bonchev–Trinajstić information content (AvgIpc) is 3.31. The van der Waals surface area contributed by atoms with Gasteiger partial charge in [0.2, 0.25) is 0 Å². The summed E-state index contributed by atoms with van der Waals surface area (Å²) in [6.07, 6.45) is 8.11. The van der Waals surface area contributed by atoms with E-state index >= 15 is 0 Å². The zero-order valence-corrected chi connectivity index (χ0v) is 27.6. The Balaban J connectivity index is 0.000000182. The highest BCUT2D eigenvalue weighted by Gasteiger charge is 2.40. The highest BCUT2D eigenvalue weighted by molar-refractivity contribution is 7.87. The second-order valence-electron chi connectivity index (χ2n) is 13.2. The van der Waals surface area contributed by atoms with Crippen molar-refractivity contribution >= 4 is 26.9 Å². The molecule has 10 heteroatoms. The van der Waals surface area contributed by atoms with Gasteiger partial charge >= 0.3 is 0 Å². The number of halogens is 1. The molecule has 1 aliphatic carbocycles. The van der Waals surface area contributed by atoms with E-state index in [4.69, 9.17) is 0 Å². The number of Topliss-reactive ketones (excluding diaryl/α,β-unsaturated/α-hetero) is 1. The first-order valence-corrected chi connectivity index (χ1v) is 17.3. The molecule has 3 aromatic rings. The van der Waals surface area contributed by atoms with Crippen LogP contribution in [0.3, 0.4) is 0 Å².